The van der Waals surface area contributed by atoms with Gasteiger partial charge < -0.3 is 10.1 Å². The minimum atomic E-state index is -0.345. The second-order valence-corrected chi connectivity index (χ2v) is 7.36. The number of hydrogen-bond donors (Lipinski definition) is 1. The van der Waals surface area contributed by atoms with Crippen LogP contribution in [0, 0.1) is 5.82 Å². The predicted octanol–water partition coefficient (Wildman–Crippen LogP) is 3.42. The van der Waals surface area contributed by atoms with E-state index in [0.717, 1.165) is 5.56 Å². The Kier molecular flexibility index (Phi) is 5.39. The fraction of sp³-hybridized carbons (Fsp3) is 0.300. The number of nitrogens with zero attached hydrogens (tertiary/aromatic N) is 4. The van der Waals surface area contributed by atoms with Gasteiger partial charge in [0.25, 0.3) is 0 Å². The van der Waals surface area contributed by atoms with Crippen molar-refractivity contribution < 1.29 is 13.9 Å². The molecule has 28 heavy (non-hydrogen) atoms. The molecular weight excluding hydrogens is 361 g/mol. The van der Waals surface area contributed by atoms with Gasteiger partial charge in [0.2, 0.25) is 11.7 Å². The van der Waals surface area contributed by atoms with E-state index in [2.05, 4.69) is 41.5 Å². The number of amides is 1. The number of nitrogens with one attached hydrogen (secondary N) is 1. The Balaban J connectivity index is 1.73. The number of anilines is 1. The summed E-state index contributed by atoms with van der Waals surface area (Å²) in [4.78, 5) is 13.6. The summed E-state index contributed by atoms with van der Waals surface area (Å²) < 4.78 is 18.4. The first kappa shape index (κ1) is 19.5. The largest absolute Gasteiger partial charge is 0.495 e. The fourth-order valence-corrected chi connectivity index (χ4v) is 2.62. The fourth-order valence-electron chi connectivity index (χ4n) is 2.62. The molecule has 0 aliphatic heterocycles. The van der Waals surface area contributed by atoms with Crippen molar-refractivity contribution in [2.24, 2.45) is 0 Å². The highest BCUT2D eigenvalue weighted by Gasteiger charge is 2.17. The topological polar surface area (TPSA) is 81.9 Å². The summed E-state index contributed by atoms with van der Waals surface area (Å²) in [7, 11) is 1.55. The lowest BCUT2D eigenvalue weighted by atomic mass is 9.87. The normalized spacial score (nSPS) is 11.3. The maximum Gasteiger partial charge on any atom is 0.248 e. The van der Waals surface area contributed by atoms with Gasteiger partial charge in [0, 0.05) is 5.56 Å². The van der Waals surface area contributed by atoms with Gasteiger partial charge in [0.1, 0.15) is 18.1 Å². The zero-order valence-corrected chi connectivity index (χ0v) is 16.2. The third kappa shape index (κ3) is 4.51. The zero-order chi connectivity index (χ0) is 20.3. The molecule has 2 aromatic carbocycles. The molecule has 0 spiro atoms. The zero-order valence-electron chi connectivity index (χ0n) is 16.2. The van der Waals surface area contributed by atoms with E-state index in [4.69, 9.17) is 4.74 Å². The van der Waals surface area contributed by atoms with E-state index < -0.39 is 0 Å². The lowest BCUT2D eigenvalue weighted by Crippen LogP contribution is -2.21. The van der Waals surface area contributed by atoms with E-state index in [-0.39, 0.29) is 23.7 Å². The number of hydrogen-bond acceptors (Lipinski definition) is 5. The maximum absolute atomic E-state index is 13.0. The van der Waals surface area contributed by atoms with Crippen LogP contribution in [0.2, 0.25) is 0 Å². The van der Waals surface area contributed by atoms with Crippen LogP contribution >= 0.6 is 0 Å². The molecule has 1 aromatic heterocycles. The van der Waals surface area contributed by atoms with Gasteiger partial charge in [-0.05, 0) is 52.6 Å². The Morgan fingerprint density at radius 2 is 1.89 bits per heavy atom. The van der Waals surface area contributed by atoms with E-state index in [1.165, 1.54) is 16.9 Å². The van der Waals surface area contributed by atoms with E-state index in [1.54, 1.807) is 19.2 Å². The first-order valence-corrected chi connectivity index (χ1v) is 8.78. The van der Waals surface area contributed by atoms with Gasteiger partial charge in [-0.1, -0.05) is 26.8 Å². The number of benzene rings is 2. The van der Waals surface area contributed by atoms with Crippen molar-refractivity contribution in [3.63, 3.8) is 0 Å². The molecule has 7 nitrogen and oxygen atoms in total. The summed E-state index contributed by atoms with van der Waals surface area (Å²) in [6.45, 7) is 6.17. The summed E-state index contributed by atoms with van der Waals surface area (Å²) in [5.74, 6) is 0.231. The third-order valence-electron chi connectivity index (χ3n) is 4.18. The van der Waals surface area contributed by atoms with Crippen LogP contribution in [-0.4, -0.2) is 33.2 Å². The molecule has 8 heteroatoms. The predicted molar refractivity (Wildman–Crippen MR) is 104 cm³/mol. The maximum atomic E-state index is 13.0. The molecule has 1 amide bonds. The van der Waals surface area contributed by atoms with Crippen molar-refractivity contribution in [2.75, 3.05) is 12.4 Å². The molecule has 146 valence electrons. The molecule has 0 atom stereocenters. The van der Waals surface area contributed by atoms with Crippen molar-refractivity contribution in [1.82, 2.24) is 20.2 Å². The first-order valence-electron chi connectivity index (χ1n) is 8.78. The minimum Gasteiger partial charge on any atom is -0.495 e. The Morgan fingerprint density at radius 3 is 2.54 bits per heavy atom. The van der Waals surface area contributed by atoms with Crippen LogP contribution in [0.4, 0.5) is 10.1 Å². The van der Waals surface area contributed by atoms with Gasteiger partial charge in [0.05, 0.1) is 12.8 Å². The van der Waals surface area contributed by atoms with Crippen LogP contribution in [0.15, 0.2) is 42.5 Å². The van der Waals surface area contributed by atoms with Gasteiger partial charge in [-0.15, -0.1) is 10.2 Å². The summed E-state index contributed by atoms with van der Waals surface area (Å²) in [6.07, 6.45) is 0. The van der Waals surface area contributed by atoms with Crippen molar-refractivity contribution in [3.05, 3.63) is 53.8 Å². The van der Waals surface area contributed by atoms with Gasteiger partial charge >= 0.3 is 0 Å². The third-order valence-corrected chi connectivity index (χ3v) is 4.18. The molecule has 0 fully saturated rings. The first-order chi connectivity index (χ1) is 13.3. The molecule has 0 radical (unpaired) electrons. The number of methoxy groups -OCH3 is 1. The average molecular weight is 383 g/mol. The molecular formula is C20H22FN5O2. The number of tetrazole rings is 1. The molecule has 3 aromatic rings. The second kappa shape index (κ2) is 7.75. The number of carbonyl (C=O) groups is 1. The molecule has 0 saturated carbocycles. The summed E-state index contributed by atoms with van der Waals surface area (Å²) in [5.41, 5.74) is 2.20. The lowest BCUT2D eigenvalue weighted by molar-refractivity contribution is -0.117. The van der Waals surface area contributed by atoms with Gasteiger partial charge in [-0.3, -0.25) is 4.79 Å². The second-order valence-electron chi connectivity index (χ2n) is 7.36. The number of carbonyl (C=O) groups excluding carboxylic acids is 1. The van der Waals surface area contributed by atoms with Crippen LogP contribution in [0.5, 0.6) is 5.75 Å². The highest BCUT2D eigenvalue weighted by atomic mass is 19.1. The molecule has 0 unspecified atom stereocenters. The lowest BCUT2D eigenvalue weighted by Gasteiger charge is -2.21. The summed E-state index contributed by atoms with van der Waals surface area (Å²) in [6, 6.07) is 11.4. The van der Waals surface area contributed by atoms with Crippen LogP contribution in [0.25, 0.3) is 11.4 Å². The Hall–Kier alpha value is -3.29. The number of halogens is 1. The number of rotatable bonds is 5. The van der Waals surface area contributed by atoms with Crippen LogP contribution in [0.3, 0.4) is 0 Å². The highest BCUT2D eigenvalue weighted by molar-refractivity contribution is 5.92. The Labute approximate surface area is 162 Å². The summed E-state index contributed by atoms with van der Waals surface area (Å²) >= 11 is 0. The van der Waals surface area contributed by atoms with Crippen molar-refractivity contribution in [1.29, 1.82) is 0 Å². The van der Waals surface area contributed by atoms with E-state index in [1.807, 2.05) is 18.2 Å². The molecule has 1 N–H and O–H groups in total. The molecule has 0 bridgehead atoms. The molecule has 0 aliphatic carbocycles. The van der Waals surface area contributed by atoms with Crippen molar-refractivity contribution in [3.8, 4) is 17.1 Å². The SMILES string of the molecule is COc1ccc(C(C)(C)C)cc1NC(=O)Cn1nnc(-c2ccc(F)cc2)n1. The van der Waals surface area contributed by atoms with Gasteiger partial charge in [-0.2, -0.15) is 4.80 Å². The van der Waals surface area contributed by atoms with Crippen molar-refractivity contribution in [2.45, 2.75) is 32.7 Å². The van der Waals surface area contributed by atoms with E-state index in [0.29, 0.717) is 22.8 Å². The van der Waals surface area contributed by atoms with E-state index >= 15 is 0 Å². The highest BCUT2D eigenvalue weighted by Crippen LogP contribution is 2.31. The van der Waals surface area contributed by atoms with Crippen LogP contribution in [-0.2, 0) is 16.8 Å². The quantitative estimate of drug-likeness (QED) is 0.730. The number of aromatic nitrogens is 4. The van der Waals surface area contributed by atoms with Gasteiger partial charge in [-0.25, -0.2) is 4.39 Å². The van der Waals surface area contributed by atoms with Crippen LogP contribution in [0.1, 0.15) is 26.3 Å². The standard InChI is InChI=1S/C20H22FN5O2/c1-20(2,3)14-7-10-17(28-4)16(11-14)22-18(27)12-26-24-19(23-25-26)13-5-8-15(21)9-6-13/h5-11H,12H2,1-4H3,(H,22,27). The monoisotopic (exact) mass is 383 g/mol. The molecule has 0 saturated heterocycles. The number of ether oxygens (including phenoxy) is 1. The molecule has 3 rings (SSSR count). The van der Waals surface area contributed by atoms with Gasteiger partial charge in [0.15, 0.2) is 0 Å². The van der Waals surface area contributed by atoms with Crippen molar-refractivity contribution >= 4 is 11.6 Å². The smallest absolute Gasteiger partial charge is 0.248 e. The summed E-state index contributed by atoms with van der Waals surface area (Å²) in [5, 5.41) is 14.8. The molecule has 1 heterocycles. The average Bonchev–Trinajstić information content (AvgIpc) is 3.09. The molecule has 0 aliphatic rings. The van der Waals surface area contributed by atoms with E-state index in [9.17, 15) is 9.18 Å². The minimum absolute atomic E-state index is 0.0662. The Morgan fingerprint density at radius 1 is 1.18 bits per heavy atom. The Bertz CT molecular complexity index is 977. The van der Waals surface area contributed by atoms with Crippen LogP contribution < -0.4 is 10.1 Å².